The highest BCUT2D eigenvalue weighted by Gasteiger charge is 2.35. The lowest BCUT2D eigenvalue weighted by Crippen LogP contribution is -2.50. The Labute approximate surface area is 159 Å². The fourth-order valence-electron chi connectivity index (χ4n) is 3.58. The Kier molecular flexibility index (Phi) is 5.71. The highest BCUT2D eigenvalue weighted by molar-refractivity contribution is 7.89. The second-order valence-corrected chi connectivity index (χ2v) is 9.11. The van der Waals surface area contributed by atoms with Crippen molar-refractivity contribution in [2.24, 2.45) is 5.92 Å². The first-order valence-electron chi connectivity index (χ1n) is 9.06. The maximum Gasteiger partial charge on any atom is 0.308 e. The van der Waals surface area contributed by atoms with E-state index in [1.54, 1.807) is 0 Å². The molecule has 8 nitrogen and oxygen atoms in total. The van der Waals surface area contributed by atoms with Crippen LogP contribution in [0.25, 0.3) is 0 Å². The van der Waals surface area contributed by atoms with E-state index in [4.69, 9.17) is 5.11 Å². The second kappa shape index (κ2) is 7.85. The van der Waals surface area contributed by atoms with Crippen LogP contribution in [-0.4, -0.2) is 79.6 Å². The molecule has 0 radical (unpaired) electrons. The van der Waals surface area contributed by atoms with Gasteiger partial charge in [-0.3, -0.25) is 9.59 Å². The monoisotopic (exact) mass is 395 g/mol. The number of benzene rings is 1. The minimum atomic E-state index is -3.70. The van der Waals surface area contributed by atoms with E-state index in [2.05, 4.69) is 11.0 Å². The molecule has 1 atom stereocenters. The number of aliphatic carboxylic acids is 1. The Bertz CT molecular complexity index is 818. The number of rotatable bonds is 5. The molecule has 3 rings (SSSR count). The third-order valence-corrected chi connectivity index (χ3v) is 6.96. The summed E-state index contributed by atoms with van der Waals surface area (Å²) in [5.41, 5.74) is 2.22. The van der Waals surface area contributed by atoms with Crippen molar-refractivity contribution in [2.75, 3.05) is 49.9 Å². The fraction of sp³-hybridized carbons (Fsp3) is 0.556. The minimum Gasteiger partial charge on any atom is -0.481 e. The van der Waals surface area contributed by atoms with Gasteiger partial charge in [0.25, 0.3) is 0 Å². The zero-order valence-electron chi connectivity index (χ0n) is 15.4. The number of piperazine rings is 1. The van der Waals surface area contributed by atoms with Crippen LogP contribution in [0.4, 0.5) is 5.69 Å². The van der Waals surface area contributed by atoms with Crippen LogP contribution in [0.3, 0.4) is 0 Å². The van der Waals surface area contributed by atoms with Crippen molar-refractivity contribution in [1.29, 1.82) is 0 Å². The van der Waals surface area contributed by atoms with Gasteiger partial charge >= 0.3 is 5.97 Å². The van der Waals surface area contributed by atoms with E-state index in [1.807, 2.05) is 25.1 Å². The summed E-state index contributed by atoms with van der Waals surface area (Å²) in [6.45, 7) is 4.21. The van der Waals surface area contributed by atoms with E-state index in [0.29, 0.717) is 39.1 Å². The molecular formula is C18H25N3O5S. The van der Waals surface area contributed by atoms with Crippen molar-refractivity contribution >= 4 is 27.6 Å². The molecule has 0 unspecified atom stereocenters. The quantitative estimate of drug-likeness (QED) is 0.774. The predicted octanol–water partition coefficient (Wildman–Crippen LogP) is 0.380. The third kappa shape index (κ3) is 4.59. The average molecular weight is 395 g/mol. The topological polar surface area (TPSA) is 98.2 Å². The molecule has 1 aromatic rings. The number of anilines is 1. The Morgan fingerprint density at radius 3 is 2.44 bits per heavy atom. The molecule has 2 heterocycles. The van der Waals surface area contributed by atoms with Crippen LogP contribution < -0.4 is 4.90 Å². The molecule has 9 heteroatoms. The van der Waals surface area contributed by atoms with Gasteiger partial charge in [0.15, 0.2) is 0 Å². The summed E-state index contributed by atoms with van der Waals surface area (Å²) < 4.78 is 26.6. The first-order chi connectivity index (χ1) is 12.8. The van der Waals surface area contributed by atoms with E-state index in [9.17, 15) is 18.0 Å². The molecule has 2 aliphatic heterocycles. The molecule has 1 aromatic carbocycles. The van der Waals surface area contributed by atoms with Crippen molar-refractivity contribution in [3.63, 3.8) is 0 Å². The van der Waals surface area contributed by atoms with Crippen LogP contribution >= 0.6 is 0 Å². The summed E-state index contributed by atoms with van der Waals surface area (Å²) in [7, 11) is -3.70. The normalized spacial score (nSPS) is 21.4. The summed E-state index contributed by atoms with van der Waals surface area (Å²) >= 11 is 0. The molecule has 0 bridgehead atoms. The predicted molar refractivity (Wildman–Crippen MR) is 101 cm³/mol. The van der Waals surface area contributed by atoms with E-state index in [0.717, 1.165) is 11.3 Å². The van der Waals surface area contributed by atoms with Crippen molar-refractivity contribution < 1.29 is 23.1 Å². The number of carboxylic acids is 1. The lowest BCUT2D eigenvalue weighted by atomic mass is 10.1. The largest absolute Gasteiger partial charge is 0.481 e. The van der Waals surface area contributed by atoms with Crippen LogP contribution in [0.15, 0.2) is 24.3 Å². The summed E-state index contributed by atoms with van der Waals surface area (Å²) in [5, 5.41) is 9.02. The number of carbonyl (C=O) groups is 2. The number of hydrogen-bond donors (Lipinski definition) is 1. The Morgan fingerprint density at radius 1 is 1.15 bits per heavy atom. The number of likely N-dealkylation sites (tertiary alicyclic amines) is 1. The van der Waals surface area contributed by atoms with Crippen molar-refractivity contribution in [3.8, 4) is 0 Å². The number of carboxylic acid groups (broad SMARTS) is 1. The van der Waals surface area contributed by atoms with Crippen LogP contribution in [0, 0.1) is 12.8 Å². The summed E-state index contributed by atoms with van der Waals surface area (Å²) in [5.74, 6) is -2.65. The molecular weight excluding hydrogens is 370 g/mol. The molecule has 1 N–H and O–H groups in total. The number of aryl methyl sites for hydroxylation is 1. The Hall–Kier alpha value is -2.13. The van der Waals surface area contributed by atoms with Crippen LogP contribution in [-0.2, 0) is 19.6 Å². The Morgan fingerprint density at radius 2 is 1.85 bits per heavy atom. The van der Waals surface area contributed by atoms with Crippen molar-refractivity contribution in [3.05, 3.63) is 29.8 Å². The lowest BCUT2D eigenvalue weighted by molar-refractivity contribution is -0.141. The summed E-state index contributed by atoms with van der Waals surface area (Å²) in [6.07, 6.45) is 0.371. The molecule has 0 aromatic heterocycles. The van der Waals surface area contributed by atoms with Gasteiger partial charge in [-0.15, -0.1) is 0 Å². The average Bonchev–Trinajstić information content (AvgIpc) is 3.12. The maximum atomic E-state index is 12.6. The molecule has 0 saturated carbocycles. The summed E-state index contributed by atoms with van der Waals surface area (Å²) in [6, 6.07) is 8.07. The maximum absolute atomic E-state index is 12.6. The van der Waals surface area contributed by atoms with Gasteiger partial charge in [-0.1, -0.05) is 12.1 Å². The van der Waals surface area contributed by atoms with Gasteiger partial charge in [0.05, 0.1) is 5.92 Å². The van der Waals surface area contributed by atoms with Gasteiger partial charge in [-0.25, -0.2) is 8.42 Å². The number of hydrogen-bond acceptors (Lipinski definition) is 5. The van der Waals surface area contributed by atoms with Gasteiger partial charge < -0.3 is 14.9 Å². The second-order valence-electron chi connectivity index (χ2n) is 7.14. The van der Waals surface area contributed by atoms with Gasteiger partial charge in [0.2, 0.25) is 15.9 Å². The zero-order chi connectivity index (χ0) is 19.6. The van der Waals surface area contributed by atoms with E-state index < -0.39 is 33.6 Å². The van der Waals surface area contributed by atoms with E-state index in [1.165, 1.54) is 9.21 Å². The van der Waals surface area contributed by atoms with Crippen LogP contribution in [0.5, 0.6) is 0 Å². The van der Waals surface area contributed by atoms with E-state index >= 15 is 0 Å². The third-order valence-electron chi connectivity index (χ3n) is 5.19. The zero-order valence-corrected chi connectivity index (χ0v) is 16.2. The number of amides is 1. The molecule has 27 heavy (non-hydrogen) atoms. The highest BCUT2D eigenvalue weighted by atomic mass is 32.2. The molecule has 0 aliphatic carbocycles. The smallest absolute Gasteiger partial charge is 0.308 e. The van der Waals surface area contributed by atoms with E-state index in [-0.39, 0.29) is 6.54 Å². The minimum absolute atomic E-state index is 0.0881. The molecule has 2 aliphatic rings. The standard InChI is InChI=1S/C18H25N3O5S/c1-14-3-2-4-16(11-14)19-7-9-21(10-8-19)27(25,26)13-17(22)20-6-5-15(12-20)18(23)24/h2-4,11,15H,5-10,12-13H2,1H3,(H,23,24)/t15-/m0/s1. The SMILES string of the molecule is Cc1cccc(N2CCN(S(=O)(=O)CC(=O)N3CC[C@H](C(=O)O)C3)CC2)c1. The van der Waals surface area contributed by atoms with Gasteiger partial charge in [0, 0.05) is 45.0 Å². The lowest BCUT2D eigenvalue weighted by Gasteiger charge is -2.35. The molecule has 2 saturated heterocycles. The number of sulfonamides is 1. The van der Waals surface area contributed by atoms with Gasteiger partial charge in [-0.2, -0.15) is 4.31 Å². The molecule has 1 amide bonds. The summed E-state index contributed by atoms with van der Waals surface area (Å²) in [4.78, 5) is 26.8. The van der Waals surface area contributed by atoms with Crippen LogP contribution in [0.1, 0.15) is 12.0 Å². The first kappa shape index (κ1) is 19.6. The molecule has 148 valence electrons. The van der Waals surface area contributed by atoms with Crippen LogP contribution in [0.2, 0.25) is 0 Å². The fourth-order valence-corrected chi connectivity index (χ4v) is 4.97. The highest BCUT2D eigenvalue weighted by Crippen LogP contribution is 2.20. The van der Waals surface area contributed by atoms with Crippen molar-refractivity contribution in [2.45, 2.75) is 13.3 Å². The van der Waals surface area contributed by atoms with Crippen molar-refractivity contribution in [1.82, 2.24) is 9.21 Å². The Balaban J connectivity index is 1.55. The number of carbonyl (C=O) groups excluding carboxylic acids is 1. The van der Waals surface area contributed by atoms with Gasteiger partial charge in [-0.05, 0) is 31.0 Å². The number of nitrogens with zero attached hydrogens (tertiary/aromatic N) is 3. The van der Waals surface area contributed by atoms with Gasteiger partial charge in [0.1, 0.15) is 5.75 Å². The first-order valence-corrected chi connectivity index (χ1v) is 10.7. The molecule has 2 fully saturated rings. The molecule has 0 spiro atoms.